The summed E-state index contributed by atoms with van der Waals surface area (Å²) in [5.74, 6) is -0.246. The Morgan fingerprint density at radius 1 is 1.23 bits per heavy atom. The molecule has 0 unspecified atom stereocenters. The normalized spacial score (nSPS) is 12.5. The lowest BCUT2D eigenvalue weighted by atomic mass is 10.1. The Labute approximate surface area is 153 Å². The van der Waals surface area contributed by atoms with Crippen LogP contribution in [-0.2, 0) is 11.3 Å². The number of rotatable bonds is 4. The van der Waals surface area contributed by atoms with Crippen LogP contribution in [0.5, 0.6) is 0 Å². The molecule has 3 aromatic heterocycles. The van der Waals surface area contributed by atoms with Gasteiger partial charge in [0.2, 0.25) is 5.91 Å². The van der Waals surface area contributed by atoms with Gasteiger partial charge in [-0.05, 0) is 31.5 Å². The quantitative estimate of drug-likeness (QED) is 0.604. The highest BCUT2D eigenvalue weighted by atomic mass is 32.1. The molecular weight excluding hydrogens is 348 g/mol. The number of nitrogens with zero attached hydrogens (tertiary/aromatic N) is 3. The Morgan fingerprint density at radius 3 is 2.77 bits per heavy atom. The van der Waals surface area contributed by atoms with E-state index in [9.17, 15) is 9.59 Å². The fourth-order valence-electron chi connectivity index (χ4n) is 3.08. The maximum absolute atomic E-state index is 12.7. The van der Waals surface area contributed by atoms with Gasteiger partial charge in [0.05, 0.1) is 16.3 Å². The van der Waals surface area contributed by atoms with E-state index in [0.29, 0.717) is 5.52 Å². The van der Waals surface area contributed by atoms with E-state index in [-0.39, 0.29) is 24.1 Å². The van der Waals surface area contributed by atoms with Gasteiger partial charge in [-0.25, -0.2) is 4.68 Å². The molecule has 26 heavy (non-hydrogen) atoms. The van der Waals surface area contributed by atoms with E-state index in [2.05, 4.69) is 10.4 Å². The Hall–Kier alpha value is -2.93. The fourth-order valence-corrected chi connectivity index (χ4v) is 4.03. The molecule has 0 aliphatic heterocycles. The highest BCUT2D eigenvalue weighted by Crippen LogP contribution is 2.26. The number of amides is 1. The van der Waals surface area contributed by atoms with Crippen LogP contribution in [0.25, 0.3) is 15.7 Å². The second-order valence-electron chi connectivity index (χ2n) is 6.30. The first-order valence-corrected chi connectivity index (χ1v) is 9.16. The third kappa shape index (κ3) is 2.90. The molecule has 0 bridgehead atoms. The molecule has 0 fully saturated rings. The molecular formula is C19H18N4O2S. The Morgan fingerprint density at radius 2 is 2.00 bits per heavy atom. The van der Waals surface area contributed by atoms with Crippen molar-refractivity contribution in [3.63, 3.8) is 0 Å². The van der Waals surface area contributed by atoms with Gasteiger partial charge >= 0.3 is 0 Å². The predicted octanol–water partition coefficient (Wildman–Crippen LogP) is 2.90. The third-order valence-electron chi connectivity index (χ3n) is 4.38. The molecule has 0 saturated carbocycles. The minimum absolute atomic E-state index is 0.107. The van der Waals surface area contributed by atoms with E-state index in [1.54, 1.807) is 22.1 Å². The molecule has 1 amide bonds. The van der Waals surface area contributed by atoms with E-state index in [1.165, 1.54) is 9.56 Å². The summed E-state index contributed by atoms with van der Waals surface area (Å²) in [5.41, 5.74) is 2.25. The SMILES string of the molecule is Cc1cc2c(cc3c(=O)n(CC(=O)N[C@H](C)c4ccccc4)ncn32)s1. The summed E-state index contributed by atoms with van der Waals surface area (Å²) in [6.07, 6.45) is 1.60. The van der Waals surface area contributed by atoms with Crippen molar-refractivity contribution >= 4 is 33.0 Å². The number of carbonyl (C=O) groups is 1. The van der Waals surface area contributed by atoms with E-state index < -0.39 is 0 Å². The minimum atomic E-state index is -0.268. The summed E-state index contributed by atoms with van der Waals surface area (Å²) < 4.78 is 4.03. The highest BCUT2D eigenvalue weighted by Gasteiger charge is 2.14. The van der Waals surface area contributed by atoms with Crippen LogP contribution in [0.4, 0.5) is 0 Å². The van der Waals surface area contributed by atoms with Crippen molar-refractivity contribution < 1.29 is 4.79 Å². The first-order valence-electron chi connectivity index (χ1n) is 8.34. The average Bonchev–Trinajstić information content (AvgIpc) is 3.14. The first kappa shape index (κ1) is 16.5. The van der Waals surface area contributed by atoms with Crippen molar-refractivity contribution in [1.82, 2.24) is 19.5 Å². The van der Waals surface area contributed by atoms with E-state index in [1.807, 2.05) is 56.3 Å². The molecule has 132 valence electrons. The van der Waals surface area contributed by atoms with Gasteiger partial charge in [0.15, 0.2) is 0 Å². The van der Waals surface area contributed by atoms with Gasteiger partial charge < -0.3 is 5.32 Å². The number of benzene rings is 1. The number of carbonyl (C=O) groups excluding carboxylic acids is 1. The summed E-state index contributed by atoms with van der Waals surface area (Å²) in [5, 5.41) is 7.07. The molecule has 1 atom stereocenters. The van der Waals surface area contributed by atoms with Crippen molar-refractivity contribution in [2.45, 2.75) is 26.4 Å². The maximum Gasteiger partial charge on any atom is 0.291 e. The molecule has 0 saturated heterocycles. The van der Waals surface area contributed by atoms with Crippen molar-refractivity contribution in [1.29, 1.82) is 0 Å². The summed E-state index contributed by atoms with van der Waals surface area (Å²) in [6, 6.07) is 13.5. The van der Waals surface area contributed by atoms with Crippen LogP contribution in [-0.4, -0.2) is 20.1 Å². The van der Waals surface area contributed by atoms with Crippen LogP contribution < -0.4 is 10.9 Å². The molecule has 0 aliphatic rings. The van der Waals surface area contributed by atoms with Crippen LogP contribution in [0.1, 0.15) is 23.4 Å². The largest absolute Gasteiger partial charge is 0.348 e. The second kappa shape index (κ2) is 6.42. The summed E-state index contributed by atoms with van der Waals surface area (Å²) in [7, 11) is 0. The first-order chi connectivity index (χ1) is 12.5. The number of fused-ring (bicyclic) bond motifs is 3. The summed E-state index contributed by atoms with van der Waals surface area (Å²) in [6.45, 7) is 3.84. The van der Waals surface area contributed by atoms with Crippen molar-refractivity contribution in [2.24, 2.45) is 0 Å². The Bertz CT molecular complexity index is 1160. The zero-order valence-electron chi connectivity index (χ0n) is 14.5. The minimum Gasteiger partial charge on any atom is -0.348 e. The highest BCUT2D eigenvalue weighted by molar-refractivity contribution is 7.19. The zero-order valence-corrected chi connectivity index (χ0v) is 15.3. The molecule has 0 radical (unpaired) electrons. The maximum atomic E-state index is 12.7. The van der Waals surface area contributed by atoms with Gasteiger partial charge in [-0.3, -0.25) is 14.0 Å². The van der Waals surface area contributed by atoms with Crippen LogP contribution >= 0.6 is 11.3 Å². The fraction of sp³-hybridized carbons (Fsp3) is 0.211. The number of aromatic nitrogens is 3. The van der Waals surface area contributed by atoms with Gasteiger partial charge in [0.25, 0.3) is 5.56 Å². The number of nitrogens with one attached hydrogen (secondary N) is 1. The van der Waals surface area contributed by atoms with Crippen LogP contribution in [0.2, 0.25) is 0 Å². The Kier molecular flexibility index (Phi) is 4.08. The number of hydrogen-bond acceptors (Lipinski definition) is 4. The van der Waals surface area contributed by atoms with Gasteiger partial charge in [0.1, 0.15) is 18.4 Å². The molecule has 1 N–H and O–H groups in total. The van der Waals surface area contributed by atoms with Crippen molar-refractivity contribution in [2.75, 3.05) is 0 Å². The molecule has 3 heterocycles. The third-order valence-corrected chi connectivity index (χ3v) is 5.37. The van der Waals surface area contributed by atoms with Crippen LogP contribution in [0.15, 0.2) is 53.6 Å². The van der Waals surface area contributed by atoms with E-state index >= 15 is 0 Å². The van der Waals surface area contributed by atoms with Gasteiger partial charge in [-0.15, -0.1) is 11.3 Å². The van der Waals surface area contributed by atoms with Gasteiger partial charge in [0, 0.05) is 4.88 Å². The van der Waals surface area contributed by atoms with E-state index in [0.717, 1.165) is 15.8 Å². The average molecular weight is 366 g/mol. The molecule has 4 aromatic rings. The molecule has 4 rings (SSSR count). The van der Waals surface area contributed by atoms with Gasteiger partial charge in [-0.1, -0.05) is 30.3 Å². The number of aryl methyl sites for hydroxylation is 1. The molecule has 6 nitrogen and oxygen atoms in total. The lowest BCUT2D eigenvalue weighted by Crippen LogP contribution is -2.35. The monoisotopic (exact) mass is 366 g/mol. The molecule has 1 aromatic carbocycles. The zero-order chi connectivity index (χ0) is 18.3. The summed E-state index contributed by atoms with van der Waals surface area (Å²) >= 11 is 1.64. The number of hydrogen-bond donors (Lipinski definition) is 1. The van der Waals surface area contributed by atoms with Crippen LogP contribution in [0, 0.1) is 6.92 Å². The van der Waals surface area contributed by atoms with Gasteiger partial charge in [-0.2, -0.15) is 5.10 Å². The summed E-state index contributed by atoms with van der Waals surface area (Å²) in [4.78, 5) is 26.2. The molecule has 0 spiro atoms. The lowest BCUT2D eigenvalue weighted by Gasteiger charge is -2.14. The Balaban J connectivity index is 1.58. The standard InChI is InChI=1S/C19H18N4O2S/c1-12-8-15-17(26-12)9-16-19(25)23(20-11-22(15)16)10-18(24)21-13(2)14-6-4-3-5-7-14/h3-9,11,13H,10H2,1-2H3,(H,21,24)/t13-/m1/s1. The topological polar surface area (TPSA) is 68.4 Å². The van der Waals surface area contributed by atoms with Crippen molar-refractivity contribution in [3.8, 4) is 0 Å². The second-order valence-corrected chi connectivity index (χ2v) is 7.59. The van der Waals surface area contributed by atoms with Crippen molar-refractivity contribution in [3.05, 3.63) is 69.6 Å². The number of thiophene rings is 1. The predicted molar refractivity (Wildman–Crippen MR) is 103 cm³/mol. The molecule has 7 heteroatoms. The van der Waals surface area contributed by atoms with Crippen LogP contribution in [0.3, 0.4) is 0 Å². The molecule has 0 aliphatic carbocycles. The smallest absolute Gasteiger partial charge is 0.291 e. The van der Waals surface area contributed by atoms with E-state index in [4.69, 9.17) is 0 Å². The lowest BCUT2D eigenvalue weighted by molar-refractivity contribution is -0.122.